The number of hydrogen-bond donors (Lipinski definition) is 1. The number of benzene rings is 2. The molecule has 1 aliphatic heterocycles. The molecule has 1 aliphatic rings. The van der Waals surface area contributed by atoms with Crippen LogP contribution < -0.4 is 10.2 Å². The summed E-state index contributed by atoms with van der Waals surface area (Å²) in [5, 5.41) is 2.93. The van der Waals surface area contributed by atoms with Gasteiger partial charge in [0.15, 0.2) is 0 Å². The Kier molecular flexibility index (Phi) is 6.20. The number of nitrogens with zero attached hydrogens (tertiary/aromatic N) is 2. The maximum atomic E-state index is 12.3. The summed E-state index contributed by atoms with van der Waals surface area (Å²) >= 11 is 0. The van der Waals surface area contributed by atoms with Crippen molar-refractivity contribution in [3.8, 4) is 0 Å². The molecule has 1 amide bonds. The van der Waals surface area contributed by atoms with Gasteiger partial charge in [0.05, 0.1) is 11.9 Å². The fraction of sp³-hybridized carbons (Fsp3) is 0.280. The Morgan fingerprint density at radius 2 is 1.55 bits per heavy atom. The van der Waals surface area contributed by atoms with Gasteiger partial charge in [0.1, 0.15) is 5.69 Å². The molecular formula is C25H27N3O. The molecule has 4 nitrogen and oxygen atoms in total. The van der Waals surface area contributed by atoms with Gasteiger partial charge >= 0.3 is 0 Å². The molecule has 4 rings (SSSR count). The normalized spacial score (nSPS) is 14.6. The third-order valence-electron chi connectivity index (χ3n) is 5.62. The average molecular weight is 386 g/mol. The van der Waals surface area contributed by atoms with E-state index in [9.17, 15) is 4.79 Å². The first-order valence-corrected chi connectivity index (χ1v) is 10.3. The lowest BCUT2D eigenvalue weighted by Gasteiger charge is -2.33. The quantitative estimate of drug-likeness (QED) is 0.681. The molecule has 2 aromatic carbocycles. The maximum Gasteiger partial charge on any atom is 0.270 e. The van der Waals surface area contributed by atoms with Gasteiger partial charge in [-0.15, -0.1) is 0 Å². The number of carbonyl (C=O) groups excluding carboxylic acids is 1. The van der Waals surface area contributed by atoms with Gasteiger partial charge in [-0.2, -0.15) is 0 Å². The molecule has 2 heterocycles. The third-order valence-corrected chi connectivity index (χ3v) is 5.62. The average Bonchev–Trinajstić information content (AvgIpc) is 2.79. The van der Waals surface area contributed by atoms with E-state index in [1.165, 1.54) is 18.4 Å². The van der Waals surface area contributed by atoms with Gasteiger partial charge in [-0.3, -0.25) is 4.79 Å². The van der Waals surface area contributed by atoms with Gasteiger partial charge in [0, 0.05) is 19.6 Å². The second-order valence-electron chi connectivity index (χ2n) is 7.69. The van der Waals surface area contributed by atoms with Crippen molar-refractivity contribution in [1.82, 2.24) is 10.3 Å². The van der Waals surface area contributed by atoms with Crippen LogP contribution in [0.2, 0.25) is 0 Å². The summed E-state index contributed by atoms with van der Waals surface area (Å²) in [6, 6.07) is 24.5. The van der Waals surface area contributed by atoms with Crippen LogP contribution in [0.4, 0.5) is 5.69 Å². The van der Waals surface area contributed by atoms with Crippen molar-refractivity contribution in [3.63, 3.8) is 0 Å². The fourth-order valence-corrected chi connectivity index (χ4v) is 3.92. The summed E-state index contributed by atoms with van der Waals surface area (Å²) in [6.07, 6.45) is 5.37. The van der Waals surface area contributed by atoms with E-state index in [-0.39, 0.29) is 5.91 Å². The molecule has 4 heteroatoms. The maximum absolute atomic E-state index is 12.3. The summed E-state index contributed by atoms with van der Waals surface area (Å²) in [6.45, 7) is 2.59. The first-order chi connectivity index (χ1) is 14.3. The number of anilines is 1. The van der Waals surface area contributed by atoms with Crippen LogP contribution in [-0.4, -0.2) is 24.0 Å². The van der Waals surface area contributed by atoms with Crippen molar-refractivity contribution in [3.05, 3.63) is 95.8 Å². The Balaban J connectivity index is 1.27. The molecule has 1 saturated heterocycles. The summed E-state index contributed by atoms with van der Waals surface area (Å²) in [5.74, 6) is 0.603. The number of carbonyl (C=O) groups is 1. The molecule has 0 radical (unpaired) electrons. The van der Waals surface area contributed by atoms with E-state index >= 15 is 0 Å². The highest BCUT2D eigenvalue weighted by Crippen LogP contribution is 2.25. The van der Waals surface area contributed by atoms with Gasteiger partial charge < -0.3 is 10.2 Å². The van der Waals surface area contributed by atoms with Crippen LogP contribution in [0.25, 0.3) is 0 Å². The smallest absolute Gasteiger partial charge is 0.270 e. The number of rotatable bonds is 6. The van der Waals surface area contributed by atoms with Crippen molar-refractivity contribution in [2.75, 3.05) is 18.0 Å². The van der Waals surface area contributed by atoms with Crippen LogP contribution in [-0.2, 0) is 13.0 Å². The Labute approximate surface area is 172 Å². The van der Waals surface area contributed by atoms with Crippen molar-refractivity contribution in [2.45, 2.75) is 25.8 Å². The van der Waals surface area contributed by atoms with Gasteiger partial charge in [0.25, 0.3) is 5.91 Å². The summed E-state index contributed by atoms with van der Waals surface area (Å²) in [7, 11) is 0. The molecule has 1 fully saturated rings. The van der Waals surface area contributed by atoms with E-state index in [4.69, 9.17) is 0 Å². The topological polar surface area (TPSA) is 45.2 Å². The molecular weight excluding hydrogens is 358 g/mol. The van der Waals surface area contributed by atoms with E-state index in [1.54, 1.807) is 0 Å². The minimum atomic E-state index is -0.137. The number of hydrogen-bond acceptors (Lipinski definition) is 3. The van der Waals surface area contributed by atoms with Gasteiger partial charge in [0.2, 0.25) is 0 Å². The third kappa shape index (κ3) is 5.23. The molecule has 3 aromatic rings. The lowest BCUT2D eigenvalue weighted by molar-refractivity contribution is 0.0946. The number of pyridine rings is 1. The van der Waals surface area contributed by atoms with Crippen molar-refractivity contribution in [1.29, 1.82) is 0 Å². The minimum Gasteiger partial charge on any atom is -0.370 e. The zero-order valence-electron chi connectivity index (χ0n) is 16.6. The fourth-order valence-electron chi connectivity index (χ4n) is 3.92. The molecule has 0 atom stereocenters. The number of aromatic nitrogens is 1. The zero-order chi connectivity index (χ0) is 19.9. The van der Waals surface area contributed by atoms with Crippen LogP contribution in [0, 0.1) is 5.92 Å². The monoisotopic (exact) mass is 385 g/mol. The van der Waals surface area contributed by atoms with E-state index in [1.807, 2.05) is 48.7 Å². The van der Waals surface area contributed by atoms with Crippen LogP contribution >= 0.6 is 0 Å². The van der Waals surface area contributed by atoms with E-state index in [2.05, 4.69) is 45.5 Å². The van der Waals surface area contributed by atoms with Gasteiger partial charge in [-0.25, -0.2) is 4.98 Å². The van der Waals surface area contributed by atoms with E-state index in [0.29, 0.717) is 12.2 Å². The van der Waals surface area contributed by atoms with Crippen molar-refractivity contribution < 1.29 is 4.79 Å². The SMILES string of the molecule is O=C(NCc1ccccc1)c1ccc(N2CCC(Cc3ccccc3)CC2)cn1. The predicted octanol–water partition coefficient (Wildman–Crippen LogP) is 4.47. The Hall–Kier alpha value is -3.14. The molecule has 29 heavy (non-hydrogen) atoms. The second-order valence-corrected chi connectivity index (χ2v) is 7.69. The van der Waals surface area contributed by atoms with Crippen LogP contribution in [0.1, 0.15) is 34.5 Å². The molecule has 148 valence electrons. The van der Waals surface area contributed by atoms with Crippen molar-refractivity contribution in [2.24, 2.45) is 5.92 Å². The Morgan fingerprint density at radius 3 is 2.17 bits per heavy atom. The summed E-state index contributed by atoms with van der Waals surface area (Å²) in [4.78, 5) is 19.1. The molecule has 0 aliphatic carbocycles. The Morgan fingerprint density at radius 1 is 0.897 bits per heavy atom. The largest absolute Gasteiger partial charge is 0.370 e. The lowest BCUT2D eigenvalue weighted by atomic mass is 9.90. The van der Waals surface area contributed by atoms with Crippen LogP contribution in [0.15, 0.2) is 79.0 Å². The molecule has 0 unspecified atom stereocenters. The molecule has 0 spiro atoms. The lowest BCUT2D eigenvalue weighted by Crippen LogP contribution is -2.34. The minimum absolute atomic E-state index is 0.137. The number of amides is 1. The van der Waals surface area contributed by atoms with Crippen molar-refractivity contribution >= 4 is 11.6 Å². The molecule has 0 bridgehead atoms. The molecule has 1 aromatic heterocycles. The zero-order valence-corrected chi connectivity index (χ0v) is 16.6. The summed E-state index contributed by atoms with van der Waals surface area (Å²) < 4.78 is 0. The van der Waals surface area contributed by atoms with Gasteiger partial charge in [-0.1, -0.05) is 60.7 Å². The highest BCUT2D eigenvalue weighted by Gasteiger charge is 2.20. The van der Waals surface area contributed by atoms with Crippen LogP contribution in [0.5, 0.6) is 0 Å². The summed E-state index contributed by atoms with van der Waals surface area (Å²) in [5.41, 5.74) is 4.07. The molecule has 1 N–H and O–H groups in total. The highest BCUT2D eigenvalue weighted by molar-refractivity contribution is 5.92. The standard InChI is InChI=1S/C25H27N3O/c29-25(27-18-22-9-5-2-6-10-22)24-12-11-23(19-26-24)28-15-13-21(14-16-28)17-20-7-3-1-4-8-20/h1-12,19,21H,13-18H2,(H,27,29). The van der Waals surface area contributed by atoms with E-state index < -0.39 is 0 Å². The highest BCUT2D eigenvalue weighted by atomic mass is 16.1. The van der Waals surface area contributed by atoms with E-state index in [0.717, 1.165) is 36.7 Å². The molecule has 0 saturated carbocycles. The predicted molar refractivity (Wildman–Crippen MR) is 117 cm³/mol. The van der Waals surface area contributed by atoms with Gasteiger partial charge in [-0.05, 0) is 48.4 Å². The first-order valence-electron chi connectivity index (χ1n) is 10.3. The number of piperidine rings is 1. The first kappa shape index (κ1) is 19.2. The Bertz CT molecular complexity index is 902. The number of nitrogens with one attached hydrogen (secondary N) is 1. The second kappa shape index (κ2) is 9.37. The van der Waals surface area contributed by atoms with Crippen LogP contribution in [0.3, 0.4) is 0 Å².